The average Bonchev–Trinajstić information content (AvgIpc) is 2.73. The Labute approximate surface area is 163 Å². The number of aliphatic carboxylic acids is 1. The minimum atomic E-state index is -1.75. The zero-order valence-electron chi connectivity index (χ0n) is 15.7. The first-order valence-corrected chi connectivity index (χ1v) is 9.59. The molecule has 2 aliphatic rings. The van der Waals surface area contributed by atoms with Crippen LogP contribution in [-0.2, 0) is 14.4 Å². The summed E-state index contributed by atoms with van der Waals surface area (Å²) in [7, 11) is 0. The van der Waals surface area contributed by atoms with E-state index in [-0.39, 0.29) is 50.3 Å². The minimum Gasteiger partial charge on any atom is -0.484 e. The third kappa shape index (κ3) is 4.62. The smallest absolute Gasteiger partial charge is 0.335 e. The molecular formula is C20H26N2O6. The zero-order chi connectivity index (χ0) is 20.1. The standard InChI is InChI=1S/C20H26N2O6/c23-17(14-28-16-6-2-1-3-7-16)22-10-4-5-15(13-22)18(24)21-11-8-20(27,9-12-21)19(25)26/h1-3,6-7,15,27H,4-5,8-14H2,(H,25,26). The second-order valence-corrected chi connectivity index (χ2v) is 7.44. The third-order valence-corrected chi connectivity index (χ3v) is 5.53. The summed E-state index contributed by atoms with van der Waals surface area (Å²) >= 11 is 0. The van der Waals surface area contributed by atoms with Crippen molar-refractivity contribution in [3.63, 3.8) is 0 Å². The Balaban J connectivity index is 1.51. The van der Waals surface area contributed by atoms with E-state index >= 15 is 0 Å². The quantitative estimate of drug-likeness (QED) is 0.768. The van der Waals surface area contributed by atoms with E-state index in [2.05, 4.69) is 0 Å². The van der Waals surface area contributed by atoms with Crippen molar-refractivity contribution in [1.29, 1.82) is 0 Å². The van der Waals surface area contributed by atoms with E-state index in [1.54, 1.807) is 21.9 Å². The van der Waals surface area contributed by atoms with Crippen LogP contribution in [0.25, 0.3) is 0 Å². The molecule has 0 aromatic heterocycles. The van der Waals surface area contributed by atoms with Crippen molar-refractivity contribution >= 4 is 17.8 Å². The van der Waals surface area contributed by atoms with Crippen LogP contribution < -0.4 is 4.74 Å². The number of ether oxygens (including phenoxy) is 1. The number of carboxylic acid groups (broad SMARTS) is 1. The van der Waals surface area contributed by atoms with Crippen molar-refractivity contribution in [1.82, 2.24) is 9.80 Å². The second-order valence-electron chi connectivity index (χ2n) is 7.44. The summed E-state index contributed by atoms with van der Waals surface area (Å²) in [5.74, 6) is -1.15. The summed E-state index contributed by atoms with van der Waals surface area (Å²) in [4.78, 5) is 39.7. The van der Waals surface area contributed by atoms with Gasteiger partial charge in [-0.3, -0.25) is 9.59 Å². The highest BCUT2D eigenvalue weighted by atomic mass is 16.5. The lowest BCUT2D eigenvalue weighted by molar-refractivity contribution is -0.166. The topological polar surface area (TPSA) is 107 Å². The molecule has 2 saturated heterocycles. The lowest BCUT2D eigenvalue weighted by atomic mass is 9.89. The highest BCUT2D eigenvalue weighted by Crippen LogP contribution is 2.26. The molecule has 1 atom stereocenters. The number of piperidine rings is 2. The van der Waals surface area contributed by atoms with E-state index in [0.29, 0.717) is 25.3 Å². The number of hydrogen-bond acceptors (Lipinski definition) is 5. The summed E-state index contributed by atoms with van der Waals surface area (Å²) in [5, 5.41) is 19.1. The number of carbonyl (C=O) groups is 3. The molecule has 152 valence electrons. The van der Waals surface area contributed by atoms with Crippen LogP contribution in [0.2, 0.25) is 0 Å². The molecule has 0 saturated carbocycles. The largest absolute Gasteiger partial charge is 0.484 e. The van der Waals surface area contributed by atoms with Crippen LogP contribution in [0, 0.1) is 5.92 Å². The summed E-state index contributed by atoms with van der Waals surface area (Å²) in [5.41, 5.74) is -1.75. The molecule has 2 fully saturated rings. The van der Waals surface area contributed by atoms with Gasteiger partial charge in [-0.25, -0.2) is 4.79 Å². The first-order chi connectivity index (χ1) is 13.4. The van der Waals surface area contributed by atoms with E-state index in [4.69, 9.17) is 9.84 Å². The first-order valence-electron chi connectivity index (χ1n) is 9.59. The van der Waals surface area contributed by atoms with E-state index in [0.717, 1.165) is 6.42 Å². The molecule has 1 aromatic rings. The summed E-state index contributed by atoms with van der Waals surface area (Å²) in [6, 6.07) is 9.10. The molecule has 0 bridgehead atoms. The molecule has 8 heteroatoms. The van der Waals surface area contributed by atoms with Crippen molar-refractivity contribution in [2.24, 2.45) is 5.92 Å². The fourth-order valence-electron chi connectivity index (χ4n) is 3.73. The summed E-state index contributed by atoms with van der Waals surface area (Å²) < 4.78 is 5.51. The van der Waals surface area contributed by atoms with Crippen molar-refractivity contribution in [2.75, 3.05) is 32.8 Å². The molecule has 2 heterocycles. The van der Waals surface area contributed by atoms with Crippen LogP contribution in [0.5, 0.6) is 5.75 Å². The van der Waals surface area contributed by atoms with E-state index in [1.807, 2.05) is 18.2 Å². The molecule has 2 aliphatic heterocycles. The number of benzene rings is 1. The van der Waals surface area contributed by atoms with Crippen molar-refractivity contribution in [3.8, 4) is 5.75 Å². The number of nitrogens with zero attached hydrogens (tertiary/aromatic N) is 2. The molecule has 28 heavy (non-hydrogen) atoms. The SMILES string of the molecule is O=C(COc1ccccc1)N1CCCC(C(=O)N2CCC(O)(C(=O)O)CC2)C1. The Hall–Kier alpha value is -2.61. The molecule has 8 nitrogen and oxygen atoms in total. The number of carboxylic acids is 1. The highest BCUT2D eigenvalue weighted by molar-refractivity contribution is 5.83. The van der Waals surface area contributed by atoms with Crippen molar-refractivity contribution in [3.05, 3.63) is 30.3 Å². The van der Waals surface area contributed by atoms with Crippen LogP contribution in [-0.4, -0.2) is 76.2 Å². The molecule has 1 unspecified atom stereocenters. The Bertz CT molecular complexity index is 715. The zero-order valence-corrected chi connectivity index (χ0v) is 15.7. The van der Waals surface area contributed by atoms with E-state index < -0.39 is 11.6 Å². The van der Waals surface area contributed by atoms with Gasteiger partial charge in [-0.15, -0.1) is 0 Å². The number of rotatable bonds is 5. The molecule has 0 aliphatic carbocycles. The Morgan fingerprint density at radius 1 is 1.07 bits per heavy atom. The van der Waals surface area contributed by atoms with Gasteiger partial charge in [-0.1, -0.05) is 18.2 Å². The van der Waals surface area contributed by atoms with Crippen LogP contribution in [0.3, 0.4) is 0 Å². The molecule has 0 spiro atoms. The molecule has 3 rings (SSSR count). The van der Waals surface area contributed by atoms with E-state index in [9.17, 15) is 19.5 Å². The fraction of sp³-hybridized carbons (Fsp3) is 0.550. The predicted molar refractivity (Wildman–Crippen MR) is 99.6 cm³/mol. The van der Waals surface area contributed by atoms with Gasteiger partial charge in [0.25, 0.3) is 5.91 Å². The maximum atomic E-state index is 12.8. The maximum Gasteiger partial charge on any atom is 0.335 e. The Morgan fingerprint density at radius 2 is 1.75 bits per heavy atom. The molecular weight excluding hydrogens is 364 g/mol. The van der Waals surface area contributed by atoms with Gasteiger partial charge in [0, 0.05) is 39.0 Å². The Kier molecular flexibility index (Phi) is 6.18. The normalized spacial score (nSPS) is 21.8. The van der Waals surface area contributed by atoms with Gasteiger partial charge in [-0.2, -0.15) is 0 Å². The number of amides is 2. The predicted octanol–water partition coefficient (Wildman–Crippen LogP) is 0.742. The number of carbonyl (C=O) groups excluding carboxylic acids is 2. The number of likely N-dealkylation sites (tertiary alicyclic amines) is 2. The molecule has 1 aromatic carbocycles. The van der Waals surface area contributed by atoms with Crippen LogP contribution in [0.4, 0.5) is 0 Å². The molecule has 2 N–H and O–H groups in total. The van der Waals surface area contributed by atoms with Gasteiger partial charge in [-0.05, 0) is 25.0 Å². The first kappa shape index (κ1) is 20.1. The van der Waals surface area contributed by atoms with Gasteiger partial charge in [0.1, 0.15) is 5.75 Å². The number of hydrogen-bond donors (Lipinski definition) is 2. The highest BCUT2D eigenvalue weighted by Gasteiger charge is 2.42. The van der Waals surface area contributed by atoms with Crippen molar-refractivity contribution < 1.29 is 29.3 Å². The summed E-state index contributed by atoms with van der Waals surface area (Å²) in [6.07, 6.45) is 1.48. The van der Waals surface area contributed by atoms with Gasteiger partial charge < -0.3 is 24.7 Å². The molecule has 2 amide bonds. The second kappa shape index (κ2) is 8.60. The third-order valence-electron chi connectivity index (χ3n) is 5.53. The van der Waals surface area contributed by atoms with Gasteiger partial charge in [0.2, 0.25) is 5.91 Å². The van der Waals surface area contributed by atoms with Gasteiger partial charge in [0.05, 0.1) is 5.92 Å². The maximum absolute atomic E-state index is 12.8. The minimum absolute atomic E-state index is 0.0222. The summed E-state index contributed by atoms with van der Waals surface area (Å²) in [6.45, 7) is 1.29. The van der Waals surface area contributed by atoms with Crippen LogP contribution >= 0.6 is 0 Å². The lowest BCUT2D eigenvalue weighted by Crippen LogP contribution is -2.54. The average molecular weight is 390 g/mol. The van der Waals surface area contributed by atoms with Crippen LogP contribution in [0.1, 0.15) is 25.7 Å². The fourth-order valence-corrected chi connectivity index (χ4v) is 3.73. The lowest BCUT2D eigenvalue weighted by Gasteiger charge is -2.39. The van der Waals surface area contributed by atoms with Gasteiger partial charge >= 0.3 is 5.97 Å². The van der Waals surface area contributed by atoms with Crippen molar-refractivity contribution in [2.45, 2.75) is 31.3 Å². The van der Waals surface area contributed by atoms with Gasteiger partial charge in [0.15, 0.2) is 12.2 Å². The van der Waals surface area contributed by atoms with Crippen LogP contribution in [0.15, 0.2) is 30.3 Å². The molecule has 0 radical (unpaired) electrons. The monoisotopic (exact) mass is 390 g/mol. The Morgan fingerprint density at radius 3 is 2.39 bits per heavy atom. The number of aliphatic hydroxyl groups is 1. The van der Waals surface area contributed by atoms with E-state index in [1.165, 1.54) is 0 Å². The number of para-hydroxylation sites is 1.